The molecule has 0 aromatic heterocycles. The molecule has 3 atom stereocenters. The van der Waals surface area contributed by atoms with Gasteiger partial charge in [-0.05, 0) is 31.6 Å². The van der Waals surface area contributed by atoms with Crippen molar-refractivity contribution in [1.82, 2.24) is 15.5 Å². The zero-order valence-corrected chi connectivity index (χ0v) is 14.2. The molecule has 24 heavy (non-hydrogen) atoms. The average molecular weight is 338 g/mol. The van der Waals surface area contributed by atoms with Crippen molar-refractivity contribution in [3.63, 3.8) is 0 Å². The van der Waals surface area contributed by atoms with Gasteiger partial charge in [-0.25, -0.2) is 0 Å². The Hall–Kier alpha value is -2.12. The van der Waals surface area contributed by atoms with Crippen molar-refractivity contribution in [1.29, 1.82) is 0 Å². The van der Waals surface area contributed by atoms with Crippen LogP contribution in [0.2, 0.25) is 0 Å². The van der Waals surface area contributed by atoms with E-state index in [-0.39, 0.29) is 23.6 Å². The zero-order chi connectivity index (χ0) is 17.9. The number of hydrogen-bond donors (Lipinski definition) is 3. The number of hydrogen-bond acceptors (Lipinski definition) is 4. The SMILES string of the molecule is CC(C)CC(NC(=O)[C@@H]1CCC(=O)N1)C(=O)N1CCC[C@H]1C(N)=O. The van der Waals surface area contributed by atoms with Crippen LogP contribution >= 0.6 is 0 Å². The number of nitrogens with two attached hydrogens (primary N) is 1. The quantitative estimate of drug-likeness (QED) is 0.591. The van der Waals surface area contributed by atoms with Crippen molar-refractivity contribution in [3.8, 4) is 0 Å². The lowest BCUT2D eigenvalue weighted by Gasteiger charge is -2.29. The first-order valence-electron chi connectivity index (χ1n) is 8.49. The Labute approximate surface area is 141 Å². The van der Waals surface area contributed by atoms with Gasteiger partial charge in [0.1, 0.15) is 18.1 Å². The third kappa shape index (κ3) is 4.24. The van der Waals surface area contributed by atoms with E-state index in [1.807, 2.05) is 13.8 Å². The lowest BCUT2D eigenvalue weighted by molar-refractivity contribution is -0.141. The van der Waals surface area contributed by atoms with Crippen LogP contribution in [0.5, 0.6) is 0 Å². The number of carbonyl (C=O) groups excluding carboxylic acids is 4. The van der Waals surface area contributed by atoms with Gasteiger partial charge in [0, 0.05) is 13.0 Å². The monoisotopic (exact) mass is 338 g/mol. The average Bonchev–Trinajstić information content (AvgIpc) is 3.13. The molecule has 0 aromatic carbocycles. The molecule has 0 saturated carbocycles. The third-order valence-electron chi connectivity index (χ3n) is 4.50. The van der Waals surface area contributed by atoms with E-state index in [4.69, 9.17) is 5.73 Å². The summed E-state index contributed by atoms with van der Waals surface area (Å²) in [4.78, 5) is 49.4. The lowest BCUT2D eigenvalue weighted by Crippen LogP contribution is -2.55. The number of nitrogens with one attached hydrogen (secondary N) is 2. The number of primary amides is 1. The van der Waals surface area contributed by atoms with Crippen LogP contribution in [-0.4, -0.2) is 53.2 Å². The maximum Gasteiger partial charge on any atom is 0.245 e. The van der Waals surface area contributed by atoms with Crippen LogP contribution in [0.4, 0.5) is 0 Å². The number of amides is 4. The molecule has 1 unspecified atom stereocenters. The van der Waals surface area contributed by atoms with Crippen LogP contribution in [-0.2, 0) is 19.2 Å². The second-order valence-corrected chi connectivity index (χ2v) is 6.94. The fourth-order valence-electron chi connectivity index (χ4n) is 3.30. The number of nitrogens with zero attached hydrogens (tertiary/aromatic N) is 1. The predicted octanol–water partition coefficient (Wildman–Crippen LogP) is -0.728. The molecule has 0 radical (unpaired) electrons. The zero-order valence-electron chi connectivity index (χ0n) is 14.2. The van der Waals surface area contributed by atoms with Crippen molar-refractivity contribution < 1.29 is 19.2 Å². The Morgan fingerprint density at radius 1 is 1.33 bits per heavy atom. The van der Waals surface area contributed by atoms with Crippen molar-refractivity contribution in [2.75, 3.05) is 6.54 Å². The minimum Gasteiger partial charge on any atom is -0.368 e. The summed E-state index contributed by atoms with van der Waals surface area (Å²) in [6.07, 6.45) is 2.49. The molecule has 0 bridgehead atoms. The molecule has 2 fully saturated rings. The highest BCUT2D eigenvalue weighted by Crippen LogP contribution is 2.20. The van der Waals surface area contributed by atoms with Crippen LogP contribution in [0.15, 0.2) is 0 Å². The molecular weight excluding hydrogens is 312 g/mol. The van der Waals surface area contributed by atoms with Gasteiger partial charge in [0.05, 0.1) is 0 Å². The summed E-state index contributed by atoms with van der Waals surface area (Å²) in [5.41, 5.74) is 5.38. The van der Waals surface area contributed by atoms with E-state index in [2.05, 4.69) is 10.6 Å². The fourth-order valence-corrected chi connectivity index (χ4v) is 3.30. The van der Waals surface area contributed by atoms with Crippen LogP contribution < -0.4 is 16.4 Å². The van der Waals surface area contributed by atoms with E-state index in [0.717, 1.165) is 6.42 Å². The fraction of sp³-hybridized carbons (Fsp3) is 0.750. The molecule has 0 aromatic rings. The van der Waals surface area contributed by atoms with E-state index in [1.165, 1.54) is 4.90 Å². The highest BCUT2D eigenvalue weighted by atomic mass is 16.2. The lowest BCUT2D eigenvalue weighted by atomic mass is 10.0. The van der Waals surface area contributed by atoms with Gasteiger partial charge in [0.25, 0.3) is 0 Å². The molecule has 4 N–H and O–H groups in total. The van der Waals surface area contributed by atoms with E-state index < -0.39 is 24.0 Å². The Morgan fingerprint density at radius 3 is 2.58 bits per heavy atom. The van der Waals surface area contributed by atoms with Crippen molar-refractivity contribution >= 4 is 23.6 Å². The second kappa shape index (κ2) is 7.63. The van der Waals surface area contributed by atoms with Crippen molar-refractivity contribution in [3.05, 3.63) is 0 Å². The summed E-state index contributed by atoms with van der Waals surface area (Å²) in [7, 11) is 0. The van der Waals surface area contributed by atoms with Gasteiger partial charge in [-0.3, -0.25) is 19.2 Å². The Balaban J connectivity index is 2.06. The second-order valence-electron chi connectivity index (χ2n) is 6.94. The van der Waals surface area contributed by atoms with Gasteiger partial charge in [0.15, 0.2) is 0 Å². The summed E-state index contributed by atoms with van der Waals surface area (Å²) < 4.78 is 0. The predicted molar refractivity (Wildman–Crippen MR) is 86.5 cm³/mol. The van der Waals surface area contributed by atoms with E-state index >= 15 is 0 Å². The van der Waals surface area contributed by atoms with E-state index in [1.54, 1.807) is 0 Å². The van der Waals surface area contributed by atoms with Gasteiger partial charge in [-0.15, -0.1) is 0 Å². The molecule has 8 heteroatoms. The Kier molecular flexibility index (Phi) is 5.80. The third-order valence-corrected chi connectivity index (χ3v) is 4.50. The minimum absolute atomic E-state index is 0.157. The number of carbonyl (C=O) groups is 4. The summed E-state index contributed by atoms with van der Waals surface area (Å²) in [6, 6.07) is -1.91. The summed E-state index contributed by atoms with van der Waals surface area (Å²) in [6.45, 7) is 4.38. The van der Waals surface area contributed by atoms with Crippen molar-refractivity contribution in [2.24, 2.45) is 11.7 Å². The molecule has 2 rings (SSSR count). The molecule has 134 valence electrons. The first-order valence-corrected chi connectivity index (χ1v) is 8.49. The molecule has 2 aliphatic heterocycles. The summed E-state index contributed by atoms with van der Waals surface area (Å²) in [5, 5.41) is 5.35. The molecule has 2 saturated heterocycles. The Bertz CT molecular complexity index is 534. The highest BCUT2D eigenvalue weighted by Gasteiger charge is 2.38. The summed E-state index contributed by atoms with van der Waals surface area (Å²) >= 11 is 0. The van der Waals surface area contributed by atoms with Crippen molar-refractivity contribution in [2.45, 2.75) is 64.1 Å². The maximum absolute atomic E-state index is 12.8. The maximum atomic E-state index is 12.8. The molecule has 0 aliphatic carbocycles. The van der Waals surface area contributed by atoms with Gasteiger partial charge in [-0.1, -0.05) is 13.8 Å². The number of rotatable bonds is 6. The molecule has 0 spiro atoms. The van der Waals surface area contributed by atoms with Gasteiger partial charge >= 0.3 is 0 Å². The van der Waals surface area contributed by atoms with E-state index in [9.17, 15) is 19.2 Å². The molecule has 2 heterocycles. The smallest absolute Gasteiger partial charge is 0.245 e. The highest BCUT2D eigenvalue weighted by molar-refractivity contribution is 5.95. The standard InChI is InChI=1S/C16H26N4O4/c1-9(2)8-11(19-15(23)10-5-6-13(21)18-10)16(24)20-7-3-4-12(20)14(17)22/h9-12H,3-8H2,1-2H3,(H2,17,22)(H,18,21)(H,19,23)/t10-,11?,12-/m0/s1. The summed E-state index contributed by atoms with van der Waals surface area (Å²) in [5.74, 6) is -1.11. The van der Waals surface area contributed by atoms with Gasteiger partial charge in [-0.2, -0.15) is 0 Å². The minimum atomic E-state index is -0.713. The molecule has 2 aliphatic rings. The normalized spacial score (nSPS) is 24.8. The van der Waals surface area contributed by atoms with Gasteiger partial charge < -0.3 is 21.3 Å². The van der Waals surface area contributed by atoms with Crippen LogP contribution in [0, 0.1) is 5.92 Å². The first-order chi connectivity index (χ1) is 11.3. The molecular formula is C16H26N4O4. The van der Waals surface area contributed by atoms with Crippen LogP contribution in [0.3, 0.4) is 0 Å². The van der Waals surface area contributed by atoms with Crippen LogP contribution in [0.25, 0.3) is 0 Å². The Morgan fingerprint density at radius 2 is 2.04 bits per heavy atom. The largest absolute Gasteiger partial charge is 0.368 e. The topological polar surface area (TPSA) is 122 Å². The van der Waals surface area contributed by atoms with E-state index in [0.29, 0.717) is 32.2 Å². The first kappa shape index (κ1) is 18.2. The molecule has 4 amide bonds. The van der Waals surface area contributed by atoms with Gasteiger partial charge in [0.2, 0.25) is 23.6 Å². The number of likely N-dealkylation sites (tertiary alicyclic amines) is 1. The van der Waals surface area contributed by atoms with Crippen LogP contribution in [0.1, 0.15) is 46.0 Å². The molecule has 8 nitrogen and oxygen atoms in total.